The third-order valence-corrected chi connectivity index (χ3v) is 6.12. The quantitative estimate of drug-likeness (QED) is 0.938. The highest BCUT2D eigenvalue weighted by Gasteiger charge is 2.35. The number of thiophene rings is 1. The van der Waals surface area contributed by atoms with E-state index in [1.807, 2.05) is 11.3 Å². The van der Waals surface area contributed by atoms with E-state index in [9.17, 15) is 0 Å². The number of likely N-dealkylation sites (tertiary alicyclic amines) is 1. The fourth-order valence-corrected chi connectivity index (χ4v) is 4.94. The predicted octanol–water partition coefficient (Wildman–Crippen LogP) is 2.01. The van der Waals surface area contributed by atoms with E-state index in [4.69, 9.17) is 0 Å². The van der Waals surface area contributed by atoms with Gasteiger partial charge in [0.1, 0.15) is 0 Å². The number of tetrazole rings is 1. The standard InChI is InChI=1S/C16H23N5S/c1-2-7-13(8-3-1)21-16(17-18-19-21)15(14-9-6-12-22-14)20-10-4-5-11-20/h6,9,12-13,15H,1-5,7-8,10-11H2/p+1/t15-/m0/s1. The molecule has 5 nitrogen and oxygen atoms in total. The van der Waals surface area contributed by atoms with Crippen molar-refractivity contribution in [1.29, 1.82) is 0 Å². The Morgan fingerprint density at radius 1 is 1.14 bits per heavy atom. The minimum Gasteiger partial charge on any atom is -0.322 e. The lowest BCUT2D eigenvalue weighted by Gasteiger charge is -2.27. The predicted molar refractivity (Wildman–Crippen MR) is 86.0 cm³/mol. The van der Waals surface area contributed by atoms with Crippen molar-refractivity contribution in [3.8, 4) is 0 Å². The van der Waals surface area contributed by atoms with Crippen LogP contribution in [-0.4, -0.2) is 33.3 Å². The molecule has 1 N–H and O–H groups in total. The van der Waals surface area contributed by atoms with Gasteiger partial charge in [0.2, 0.25) is 5.82 Å². The van der Waals surface area contributed by atoms with Gasteiger partial charge in [-0.15, -0.1) is 16.4 Å². The van der Waals surface area contributed by atoms with Crippen molar-refractivity contribution in [3.05, 3.63) is 28.2 Å². The highest BCUT2D eigenvalue weighted by molar-refractivity contribution is 7.10. The van der Waals surface area contributed by atoms with Gasteiger partial charge in [0, 0.05) is 12.8 Å². The molecule has 1 atom stereocenters. The number of hydrogen-bond donors (Lipinski definition) is 1. The first kappa shape index (κ1) is 14.3. The molecule has 118 valence electrons. The second-order valence-corrected chi connectivity index (χ2v) is 7.57. The summed E-state index contributed by atoms with van der Waals surface area (Å²) in [5.74, 6) is 1.09. The van der Waals surface area contributed by atoms with Crippen molar-refractivity contribution in [2.75, 3.05) is 13.1 Å². The van der Waals surface area contributed by atoms with Gasteiger partial charge in [0.15, 0.2) is 6.04 Å². The second kappa shape index (κ2) is 6.46. The van der Waals surface area contributed by atoms with Crippen LogP contribution < -0.4 is 4.90 Å². The van der Waals surface area contributed by atoms with E-state index in [-0.39, 0.29) is 0 Å². The fourth-order valence-electron chi connectivity index (χ4n) is 4.06. The molecule has 0 aromatic carbocycles. The van der Waals surface area contributed by atoms with E-state index in [1.165, 1.54) is 62.9 Å². The number of hydrogen-bond acceptors (Lipinski definition) is 4. The topological polar surface area (TPSA) is 48.0 Å². The molecule has 3 heterocycles. The van der Waals surface area contributed by atoms with E-state index in [0.717, 1.165) is 5.82 Å². The van der Waals surface area contributed by atoms with Crippen LogP contribution >= 0.6 is 11.3 Å². The molecule has 1 aliphatic heterocycles. The Labute approximate surface area is 135 Å². The SMILES string of the molecule is c1csc([C@@H](c2nnnn2C2CCCCC2)[NH+]2CCCC2)c1. The summed E-state index contributed by atoms with van der Waals surface area (Å²) >= 11 is 1.84. The summed E-state index contributed by atoms with van der Waals surface area (Å²) in [5, 5.41) is 15.1. The molecule has 0 amide bonds. The van der Waals surface area contributed by atoms with Crippen molar-refractivity contribution in [2.45, 2.75) is 57.0 Å². The zero-order valence-electron chi connectivity index (χ0n) is 12.9. The third kappa shape index (κ3) is 2.70. The van der Waals surface area contributed by atoms with E-state index >= 15 is 0 Å². The Balaban J connectivity index is 1.69. The first-order chi connectivity index (χ1) is 10.9. The largest absolute Gasteiger partial charge is 0.322 e. The Bertz CT molecular complexity index is 581. The second-order valence-electron chi connectivity index (χ2n) is 6.59. The van der Waals surface area contributed by atoms with Crippen LogP contribution in [0.5, 0.6) is 0 Å². The van der Waals surface area contributed by atoms with Crippen molar-refractivity contribution in [1.82, 2.24) is 20.2 Å². The Morgan fingerprint density at radius 3 is 2.68 bits per heavy atom. The van der Waals surface area contributed by atoms with E-state index in [1.54, 1.807) is 4.90 Å². The molecule has 2 aliphatic rings. The molecule has 22 heavy (non-hydrogen) atoms. The van der Waals surface area contributed by atoms with Crippen LogP contribution in [0.2, 0.25) is 0 Å². The van der Waals surface area contributed by atoms with Crippen LogP contribution in [0.1, 0.15) is 67.7 Å². The lowest BCUT2D eigenvalue weighted by Crippen LogP contribution is -3.10. The van der Waals surface area contributed by atoms with Gasteiger partial charge >= 0.3 is 0 Å². The van der Waals surface area contributed by atoms with Crippen molar-refractivity contribution in [3.63, 3.8) is 0 Å². The van der Waals surface area contributed by atoms with Gasteiger partial charge < -0.3 is 4.90 Å². The number of nitrogens with one attached hydrogen (secondary N) is 1. The normalized spacial score (nSPS) is 22.2. The lowest BCUT2D eigenvalue weighted by atomic mass is 9.95. The van der Waals surface area contributed by atoms with Crippen LogP contribution in [0.3, 0.4) is 0 Å². The zero-order chi connectivity index (χ0) is 14.8. The first-order valence-corrected chi connectivity index (χ1v) is 9.47. The van der Waals surface area contributed by atoms with Crippen LogP contribution in [0, 0.1) is 0 Å². The highest BCUT2D eigenvalue weighted by Crippen LogP contribution is 2.31. The average molecular weight is 318 g/mol. The molecule has 0 spiro atoms. The molecule has 2 aromatic heterocycles. The summed E-state index contributed by atoms with van der Waals surface area (Å²) in [6.45, 7) is 2.47. The summed E-state index contributed by atoms with van der Waals surface area (Å²) in [6, 6.07) is 5.22. The van der Waals surface area contributed by atoms with Gasteiger partial charge in [-0.25, -0.2) is 4.68 Å². The van der Waals surface area contributed by atoms with Gasteiger partial charge in [-0.05, 0) is 34.7 Å². The fraction of sp³-hybridized carbons (Fsp3) is 0.688. The molecule has 1 saturated carbocycles. The summed E-state index contributed by atoms with van der Waals surface area (Å²) < 4.78 is 2.16. The number of nitrogens with zero attached hydrogens (tertiary/aromatic N) is 4. The maximum atomic E-state index is 4.48. The summed E-state index contributed by atoms with van der Waals surface area (Å²) in [4.78, 5) is 3.04. The molecule has 4 rings (SSSR count). The molecular weight excluding hydrogens is 294 g/mol. The van der Waals surface area contributed by atoms with E-state index < -0.39 is 0 Å². The molecule has 1 saturated heterocycles. The van der Waals surface area contributed by atoms with Gasteiger partial charge in [-0.2, -0.15) is 0 Å². The molecule has 2 fully saturated rings. The monoisotopic (exact) mass is 318 g/mol. The molecule has 6 heteroatoms. The summed E-state index contributed by atoms with van der Waals surface area (Å²) in [5.41, 5.74) is 0. The van der Waals surface area contributed by atoms with Crippen LogP contribution in [0.15, 0.2) is 17.5 Å². The maximum absolute atomic E-state index is 4.48. The molecular formula is C16H24N5S+. The zero-order valence-corrected chi connectivity index (χ0v) is 13.8. The molecule has 0 bridgehead atoms. The van der Waals surface area contributed by atoms with Crippen LogP contribution in [0.25, 0.3) is 0 Å². The van der Waals surface area contributed by atoms with Crippen LogP contribution in [-0.2, 0) is 0 Å². The molecule has 0 unspecified atom stereocenters. The number of quaternary nitrogens is 1. The molecule has 1 aliphatic carbocycles. The minimum absolute atomic E-state index is 0.319. The van der Waals surface area contributed by atoms with Crippen molar-refractivity contribution in [2.24, 2.45) is 0 Å². The van der Waals surface area contributed by atoms with E-state index in [0.29, 0.717) is 12.1 Å². The van der Waals surface area contributed by atoms with Crippen LogP contribution in [0.4, 0.5) is 0 Å². The smallest absolute Gasteiger partial charge is 0.215 e. The Morgan fingerprint density at radius 2 is 1.95 bits per heavy atom. The van der Waals surface area contributed by atoms with Gasteiger partial charge in [-0.1, -0.05) is 25.3 Å². The minimum atomic E-state index is 0.319. The Hall–Kier alpha value is -1.27. The lowest BCUT2D eigenvalue weighted by molar-refractivity contribution is -0.914. The summed E-state index contributed by atoms with van der Waals surface area (Å²) in [7, 11) is 0. The summed E-state index contributed by atoms with van der Waals surface area (Å²) in [6.07, 6.45) is 9.08. The van der Waals surface area contributed by atoms with Crippen molar-refractivity contribution >= 4 is 11.3 Å². The van der Waals surface area contributed by atoms with Crippen molar-refractivity contribution < 1.29 is 4.90 Å². The average Bonchev–Trinajstić information content (AvgIpc) is 3.32. The first-order valence-electron chi connectivity index (χ1n) is 8.59. The molecule has 0 radical (unpaired) electrons. The van der Waals surface area contributed by atoms with E-state index in [2.05, 4.69) is 37.7 Å². The Kier molecular flexibility index (Phi) is 4.21. The highest BCUT2D eigenvalue weighted by atomic mass is 32.1. The third-order valence-electron chi connectivity index (χ3n) is 5.18. The molecule has 2 aromatic rings. The van der Waals surface area contributed by atoms with Gasteiger partial charge in [-0.3, -0.25) is 0 Å². The van der Waals surface area contributed by atoms with Gasteiger partial charge in [0.05, 0.1) is 24.0 Å². The number of aromatic nitrogens is 4. The number of rotatable bonds is 4. The van der Waals surface area contributed by atoms with Gasteiger partial charge in [0.25, 0.3) is 0 Å². The maximum Gasteiger partial charge on any atom is 0.215 e.